The molecule has 1 amide bonds. The number of para-hydroxylation sites is 1. The number of thioether (sulfide) groups is 1. The van der Waals surface area contributed by atoms with E-state index >= 15 is 0 Å². The third-order valence-electron chi connectivity index (χ3n) is 4.56. The van der Waals surface area contributed by atoms with Crippen molar-refractivity contribution in [3.05, 3.63) is 70.3 Å². The van der Waals surface area contributed by atoms with E-state index in [4.69, 9.17) is 0 Å². The highest BCUT2D eigenvalue weighted by atomic mass is 32.2. The number of hydrogen-bond donors (Lipinski definition) is 1. The quantitative estimate of drug-likeness (QED) is 0.545. The highest BCUT2D eigenvalue weighted by molar-refractivity contribution is 7.99. The zero-order chi connectivity index (χ0) is 19.8. The number of hydrogen-bond acceptors (Lipinski definition) is 4. The summed E-state index contributed by atoms with van der Waals surface area (Å²) in [4.78, 5) is 29.8. The molecular weight excluding hydrogens is 379 g/mol. The molecule has 8 heteroatoms. The van der Waals surface area contributed by atoms with Crippen LogP contribution in [-0.2, 0) is 4.79 Å². The van der Waals surface area contributed by atoms with Gasteiger partial charge in [-0.3, -0.25) is 14.6 Å². The van der Waals surface area contributed by atoms with Crippen LogP contribution in [0.1, 0.15) is 25.6 Å². The molecule has 0 fully saturated rings. The largest absolute Gasteiger partial charge is 0.325 e. The second-order valence-corrected chi connectivity index (χ2v) is 7.54. The molecule has 28 heavy (non-hydrogen) atoms. The molecule has 0 spiro atoms. The molecule has 0 saturated carbocycles. The number of nitrogens with one attached hydrogen (secondary N) is 1. The summed E-state index contributed by atoms with van der Waals surface area (Å²) in [5.41, 5.74) is 1.35. The molecule has 1 aliphatic heterocycles. The monoisotopic (exact) mass is 397 g/mol. The smallest absolute Gasteiger partial charge is 0.291 e. The van der Waals surface area contributed by atoms with E-state index in [0.29, 0.717) is 27.9 Å². The maximum Gasteiger partial charge on any atom is 0.325 e. The van der Waals surface area contributed by atoms with Crippen LogP contribution in [0.15, 0.2) is 58.5 Å². The molecule has 0 bridgehead atoms. The Morgan fingerprint density at radius 3 is 2.68 bits per heavy atom. The zero-order valence-electron chi connectivity index (χ0n) is 15.3. The number of carbonyl (C=O) groups is 1. The summed E-state index contributed by atoms with van der Waals surface area (Å²) >= 11 is 1.37. The molecule has 4 rings (SSSR count). The SMILES string of the molecule is CCSc1n[n+]2c(c(=O)[nH]1)-c1ccccc1N(C(C)=O)C2c1ccccc1F. The van der Waals surface area contributed by atoms with Crippen LogP contribution in [0.3, 0.4) is 0 Å². The Morgan fingerprint density at radius 1 is 1.25 bits per heavy atom. The Labute approximate surface area is 165 Å². The molecule has 1 aliphatic rings. The van der Waals surface area contributed by atoms with E-state index in [0.717, 1.165) is 0 Å². The number of fused-ring (bicyclic) bond motifs is 3. The predicted molar refractivity (Wildman–Crippen MR) is 105 cm³/mol. The summed E-state index contributed by atoms with van der Waals surface area (Å²) in [6, 6.07) is 13.3. The lowest BCUT2D eigenvalue weighted by Gasteiger charge is -2.31. The van der Waals surface area contributed by atoms with Crippen molar-refractivity contribution in [2.75, 3.05) is 10.7 Å². The van der Waals surface area contributed by atoms with Crippen LogP contribution in [0.2, 0.25) is 0 Å². The van der Waals surface area contributed by atoms with E-state index < -0.39 is 12.0 Å². The van der Waals surface area contributed by atoms with E-state index in [1.807, 2.05) is 6.92 Å². The van der Waals surface area contributed by atoms with Crippen molar-refractivity contribution >= 4 is 23.4 Å². The zero-order valence-corrected chi connectivity index (χ0v) is 16.2. The minimum absolute atomic E-state index is 0.268. The van der Waals surface area contributed by atoms with Gasteiger partial charge in [0.25, 0.3) is 6.17 Å². The molecule has 1 atom stereocenters. The van der Waals surface area contributed by atoms with Crippen molar-refractivity contribution in [2.24, 2.45) is 0 Å². The van der Waals surface area contributed by atoms with Gasteiger partial charge in [0.1, 0.15) is 5.82 Å². The number of nitrogens with zero attached hydrogens (tertiary/aromatic N) is 3. The summed E-state index contributed by atoms with van der Waals surface area (Å²) < 4.78 is 16.2. The molecule has 2 aromatic carbocycles. The van der Waals surface area contributed by atoms with E-state index in [1.54, 1.807) is 42.5 Å². The Bertz CT molecular complexity index is 1130. The molecule has 2 heterocycles. The fourth-order valence-corrected chi connectivity index (χ4v) is 4.06. The minimum atomic E-state index is -0.901. The van der Waals surface area contributed by atoms with E-state index in [1.165, 1.54) is 34.3 Å². The molecule has 1 N–H and O–H groups in total. The fraction of sp³-hybridized carbons (Fsp3) is 0.200. The number of carbonyl (C=O) groups excluding carboxylic acids is 1. The van der Waals surface area contributed by atoms with Gasteiger partial charge in [-0.05, 0) is 34.7 Å². The number of aromatic amines is 1. The topological polar surface area (TPSA) is 69.9 Å². The summed E-state index contributed by atoms with van der Waals surface area (Å²) in [7, 11) is 0. The first-order valence-corrected chi connectivity index (χ1v) is 9.84. The number of amides is 1. The van der Waals surface area contributed by atoms with Crippen LogP contribution in [0, 0.1) is 5.82 Å². The number of benzene rings is 2. The van der Waals surface area contributed by atoms with Gasteiger partial charge in [0.15, 0.2) is 0 Å². The van der Waals surface area contributed by atoms with Crippen LogP contribution >= 0.6 is 11.8 Å². The first-order chi connectivity index (χ1) is 13.5. The van der Waals surface area contributed by atoms with Gasteiger partial charge in [-0.25, -0.2) is 9.29 Å². The van der Waals surface area contributed by atoms with Crippen molar-refractivity contribution in [1.82, 2.24) is 10.1 Å². The van der Waals surface area contributed by atoms with Crippen LogP contribution in [-0.4, -0.2) is 21.7 Å². The molecule has 1 aromatic heterocycles. The average Bonchev–Trinajstić information content (AvgIpc) is 2.67. The average molecular weight is 397 g/mol. The van der Waals surface area contributed by atoms with Crippen LogP contribution in [0.4, 0.5) is 10.1 Å². The summed E-state index contributed by atoms with van der Waals surface area (Å²) in [5.74, 6) is -0.0337. The number of halogens is 1. The molecule has 1 unspecified atom stereocenters. The summed E-state index contributed by atoms with van der Waals surface area (Å²) in [5, 5.41) is 4.97. The van der Waals surface area contributed by atoms with Gasteiger partial charge in [-0.2, -0.15) is 0 Å². The molecule has 0 radical (unpaired) electrons. The highest BCUT2D eigenvalue weighted by Crippen LogP contribution is 2.37. The highest BCUT2D eigenvalue weighted by Gasteiger charge is 2.45. The number of anilines is 1. The van der Waals surface area contributed by atoms with Crippen LogP contribution in [0.25, 0.3) is 11.3 Å². The predicted octanol–water partition coefficient (Wildman–Crippen LogP) is 2.89. The van der Waals surface area contributed by atoms with E-state index in [9.17, 15) is 14.0 Å². The third-order valence-corrected chi connectivity index (χ3v) is 5.31. The Morgan fingerprint density at radius 2 is 1.96 bits per heavy atom. The van der Waals surface area contributed by atoms with E-state index in [-0.39, 0.29) is 17.0 Å². The Kier molecular flexibility index (Phi) is 4.72. The molecule has 3 aromatic rings. The van der Waals surface area contributed by atoms with Crippen LogP contribution < -0.4 is 15.1 Å². The van der Waals surface area contributed by atoms with Gasteiger partial charge in [0, 0.05) is 12.0 Å². The van der Waals surface area contributed by atoms with Crippen molar-refractivity contribution in [3.8, 4) is 11.3 Å². The van der Waals surface area contributed by atoms with Gasteiger partial charge in [-0.1, -0.05) is 43.0 Å². The van der Waals surface area contributed by atoms with Gasteiger partial charge in [0.2, 0.25) is 11.1 Å². The normalized spacial score (nSPS) is 15.1. The summed E-state index contributed by atoms with van der Waals surface area (Å²) in [6.45, 7) is 3.37. The first-order valence-electron chi connectivity index (χ1n) is 8.85. The lowest BCUT2D eigenvalue weighted by atomic mass is 10.0. The third kappa shape index (κ3) is 2.90. The summed E-state index contributed by atoms with van der Waals surface area (Å²) in [6.07, 6.45) is -0.901. The number of aromatic nitrogens is 3. The van der Waals surface area contributed by atoms with Crippen molar-refractivity contribution in [3.63, 3.8) is 0 Å². The van der Waals surface area contributed by atoms with Crippen molar-refractivity contribution < 1.29 is 13.9 Å². The maximum absolute atomic E-state index is 14.8. The maximum atomic E-state index is 14.8. The molecule has 6 nitrogen and oxygen atoms in total. The Balaban J connectivity index is 2.09. The van der Waals surface area contributed by atoms with Crippen molar-refractivity contribution in [2.45, 2.75) is 25.2 Å². The number of H-pyrrole nitrogens is 1. The second kappa shape index (κ2) is 7.20. The van der Waals surface area contributed by atoms with Gasteiger partial charge >= 0.3 is 11.3 Å². The molecule has 0 saturated heterocycles. The second-order valence-electron chi connectivity index (χ2n) is 6.29. The lowest BCUT2D eigenvalue weighted by molar-refractivity contribution is -0.763. The fourth-order valence-electron chi connectivity index (χ4n) is 3.48. The Hall–Kier alpha value is -3.00. The van der Waals surface area contributed by atoms with Crippen molar-refractivity contribution in [1.29, 1.82) is 0 Å². The van der Waals surface area contributed by atoms with E-state index in [2.05, 4.69) is 10.1 Å². The first kappa shape index (κ1) is 18.4. The van der Waals surface area contributed by atoms with Crippen LogP contribution in [0.5, 0.6) is 0 Å². The standard InChI is InChI=1S/C20H17FN4O2S/c1-3-28-20-22-18(27)17-14-9-5-7-11-16(14)24(12(2)26)19(25(17)23-20)13-8-4-6-10-15(13)21/h4-11,19H,3H2,1-2H3/p+1. The van der Waals surface area contributed by atoms with Gasteiger partial charge < -0.3 is 0 Å². The molecule has 142 valence electrons. The minimum Gasteiger partial charge on any atom is -0.291 e. The number of rotatable bonds is 3. The van der Waals surface area contributed by atoms with Gasteiger partial charge in [0.05, 0.1) is 16.8 Å². The molecule has 0 aliphatic carbocycles. The lowest BCUT2D eigenvalue weighted by Crippen LogP contribution is -2.60. The molecular formula is C20H18FN4O2S+. The van der Waals surface area contributed by atoms with Gasteiger partial charge in [-0.15, -0.1) is 0 Å².